The fourth-order valence-electron chi connectivity index (χ4n) is 1.16. The van der Waals surface area contributed by atoms with Crippen molar-refractivity contribution in [3.05, 3.63) is 34.1 Å². The van der Waals surface area contributed by atoms with Gasteiger partial charge in [0.05, 0.1) is 5.75 Å². The molecule has 86 valence electrons. The van der Waals surface area contributed by atoms with Gasteiger partial charge in [0.2, 0.25) is 0 Å². The minimum Gasteiger partial charge on any atom is -0.312 e. The Morgan fingerprint density at radius 3 is 3.00 bits per heavy atom. The molecule has 1 N–H and O–H groups in total. The van der Waals surface area contributed by atoms with E-state index in [0.29, 0.717) is 12.1 Å². The lowest BCUT2D eigenvalue weighted by Crippen LogP contribution is -2.17. The molecular weight excluding hydrogens is 289 g/mol. The molecule has 0 aliphatic rings. The Morgan fingerprint density at radius 2 is 2.31 bits per heavy atom. The van der Waals surface area contributed by atoms with E-state index in [1.807, 2.05) is 6.07 Å². The van der Waals surface area contributed by atoms with Crippen LogP contribution in [0.5, 0.6) is 0 Å². The van der Waals surface area contributed by atoms with E-state index >= 15 is 0 Å². The van der Waals surface area contributed by atoms with Crippen LogP contribution < -0.4 is 5.32 Å². The summed E-state index contributed by atoms with van der Waals surface area (Å²) in [6, 6.07) is 5.10. The maximum absolute atomic E-state index is 13.4. The highest BCUT2D eigenvalue weighted by molar-refractivity contribution is 9.10. The van der Waals surface area contributed by atoms with Gasteiger partial charge in [-0.05, 0) is 12.1 Å². The monoisotopic (exact) mass is 301 g/mol. The van der Waals surface area contributed by atoms with E-state index in [0.717, 1.165) is 22.5 Å². The molecule has 0 saturated heterocycles. The third-order valence-electron chi connectivity index (χ3n) is 1.94. The molecule has 0 aliphatic heterocycles. The van der Waals surface area contributed by atoms with Crippen LogP contribution in [0.3, 0.4) is 0 Å². The highest BCUT2D eigenvalue weighted by Crippen LogP contribution is 2.14. The molecule has 16 heavy (non-hydrogen) atoms. The standard InChI is InChI=1S/C12H13BrFNS/c1-2-6-16-7-5-15-9-10-3-4-11(13)8-12(10)14/h1,3-4,8,15H,5-7,9H2. The number of halogens is 2. The Bertz CT molecular complexity index is 376. The molecule has 0 amide bonds. The summed E-state index contributed by atoms with van der Waals surface area (Å²) < 4.78 is 14.1. The van der Waals surface area contributed by atoms with Crippen LogP contribution in [0.1, 0.15) is 5.56 Å². The molecule has 0 heterocycles. The topological polar surface area (TPSA) is 12.0 Å². The summed E-state index contributed by atoms with van der Waals surface area (Å²) >= 11 is 4.92. The van der Waals surface area contributed by atoms with Crippen molar-refractivity contribution < 1.29 is 4.39 Å². The van der Waals surface area contributed by atoms with Crippen molar-refractivity contribution in [3.8, 4) is 12.3 Å². The first kappa shape index (κ1) is 13.6. The predicted molar refractivity (Wildman–Crippen MR) is 72.0 cm³/mol. The van der Waals surface area contributed by atoms with Crippen LogP contribution in [0.25, 0.3) is 0 Å². The first-order valence-electron chi connectivity index (χ1n) is 4.90. The van der Waals surface area contributed by atoms with Crippen molar-refractivity contribution in [2.24, 2.45) is 0 Å². The maximum Gasteiger partial charge on any atom is 0.128 e. The van der Waals surface area contributed by atoms with Crippen LogP contribution >= 0.6 is 27.7 Å². The molecule has 0 spiro atoms. The third-order valence-corrected chi connectivity index (χ3v) is 3.30. The van der Waals surface area contributed by atoms with E-state index in [4.69, 9.17) is 6.42 Å². The summed E-state index contributed by atoms with van der Waals surface area (Å²) in [5.74, 6) is 4.06. The summed E-state index contributed by atoms with van der Waals surface area (Å²) in [6.45, 7) is 1.39. The minimum absolute atomic E-state index is 0.182. The van der Waals surface area contributed by atoms with Crippen molar-refractivity contribution >= 4 is 27.7 Å². The minimum atomic E-state index is -0.182. The summed E-state index contributed by atoms with van der Waals surface area (Å²) in [6.07, 6.45) is 5.12. The Labute approximate surface area is 108 Å². The molecule has 4 heteroatoms. The van der Waals surface area contributed by atoms with E-state index in [2.05, 4.69) is 27.2 Å². The first-order valence-corrected chi connectivity index (χ1v) is 6.84. The van der Waals surface area contributed by atoms with Crippen LogP contribution in [-0.2, 0) is 6.54 Å². The average molecular weight is 302 g/mol. The Hall–Kier alpha value is -0.500. The smallest absolute Gasteiger partial charge is 0.128 e. The number of terminal acetylenes is 1. The molecule has 1 nitrogen and oxygen atoms in total. The van der Waals surface area contributed by atoms with Gasteiger partial charge in [0.15, 0.2) is 0 Å². The highest BCUT2D eigenvalue weighted by atomic mass is 79.9. The normalized spacial score (nSPS) is 10.1. The zero-order valence-electron chi connectivity index (χ0n) is 8.80. The molecule has 0 bridgehead atoms. The molecule has 0 radical (unpaired) electrons. The zero-order chi connectivity index (χ0) is 11.8. The molecule has 0 saturated carbocycles. The Morgan fingerprint density at radius 1 is 1.50 bits per heavy atom. The molecule has 1 aromatic rings. The van der Waals surface area contributed by atoms with E-state index in [1.165, 1.54) is 6.07 Å². The Balaban J connectivity index is 2.25. The summed E-state index contributed by atoms with van der Waals surface area (Å²) in [7, 11) is 0. The fourth-order valence-corrected chi connectivity index (χ4v) is 2.05. The van der Waals surface area contributed by atoms with Gasteiger partial charge in [0.1, 0.15) is 5.82 Å². The van der Waals surface area contributed by atoms with Crippen molar-refractivity contribution in [2.45, 2.75) is 6.54 Å². The molecule has 1 aromatic carbocycles. The van der Waals surface area contributed by atoms with Crippen molar-refractivity contribution in [1.82, 2.24) is 5.32 Å². The number of benzene rings is 1. The van der Waals surface area contributed by atoms with E-state index < -0.39 is 0 Å². The van der Waals surface area contributed by atoms with Gasteiger partial charge in [-0.15, -0.1) is 18.2 Å². The van der Waals surface area contributed by atoms with Gasteiger partial charge < -0.3 is 5.32 Å². The van der Waals surface area contributed by atoms with Crippen LogP contribution in [0.15, 0.2) is 22.7 Å². The van der Waals surface area contributed by atoms with Gasteiger partial charge in [-0.1, -0.05) is 27.9 Å². The lowest BCUT2D eigenvalue weighted by molar-refractivity contribution is 0.593. The Kier molecular flexibility index (Phi) is 6.55. The molecule has 0 atom stereocenters. The van der Waals surface area contributed by atoms with E-state index in [-0.39, 0.29) is 5.82 Å². The second kappa shape index (κ2) is 7.72. The van der Waals surface area contributed by atoms with Crippen LogP contribution in [0, 0.1) is 18.2 Å². The number of hydrogen-bond donors (Lipinski definition) is 1. The second-order valence-electron chi connectivity index (χ2n) is 3.17. The average Bonchev–Trinajstić information content (AvgIpc) is 2.26. The summed E-state index contributed by atoms with van der Waals surface area (Å²) in [5, 5.41) is 3.18. The molecule has 0 aromatic heterocycles. The zero-order valence-corrected chi connectivity index (χ0v) is 11.2. The third kappa shape index (κ3) is 5.02. The lowest BCUT2D eigenvalue weighted by Gasteiger charge is -2.05. The molecular formula is C12H13BrFNS. The lowest BCUT2D eigenvalue weighted by atomic mass is 10.2. The summed E-state index contributed by atoms with van der Waals surface area (Å²) in [4.78, 5) is 0. The van der Waals surface area contributed by atoms with Gasteiger partial charge in [-0.2, -0.15) is 0 Å². The second-order valence-corrected chi connectivity index (χ2v) is 5.19. The van der Waals surface area contributed by atoms with Crippen molar-refractivity contribution in [3.63, 3.8) is 0 Å². The maximum atomic E-state index is 13.4. The van der Waals surface area contributed by atoms with Crippen molar-refractivity contribution in [2.75, 3.05) is 18.1 Å². The van der Waals surface area contributed by atoms with Gasteiger partial charge in [-0.3, -0.25) is 0 Å². The molecule has 0 fully saturated rings. The SMILES string of the molecule is C#CCSCCNCc1ccc(Br)cc1F. The van der Waals surface area contributed by atoms with Crippen LogP contribution in [0.4, 0.5) is 4.39 Å². The van der Waals surface area contributed by atoms with Gasteiger partial charge in [0, 0.05) is 28.9 Å². The van der Waals surface area contributed by atoms with Crippen LogP contribution in [-0.4, -0.2) is 18.1 Å². The number of nitrogens with one attached hydrogen (secondary N) is 1. The van der Waals surface area contributed by atoms with Gasteiger partial charge in [-0.25, -0.2) is 4.39 Å². The number of rotatable bonds is 6. The summed E-state index contributed by atoms with van der Waals surface area (Å²) in [5.41, 5.74) is 0.685. The van der Waals surface area contributed by atoms with Crippen molar-refractivity contribution in [1.29, 1.82) is 0 Å². The van der Waals surface area contributed by atoms with Gasteiger partial charge in [0.25, 0.3) is 0 Å². The van der Waals surface area contributed by atoms with E-state index in [9.17, 15) is 4.39 Å². The molecule has 0 unspecified atom stereocenters. The largest absolute Gasteiger partial charge is 0.312 e. The number of hydrogen-bond acceptors (Lipinski definition) is 2. The first-order chi connectivity index (χ1) is 7.74. The van der Waals surface area contributed by atoms with Crippen LogP contribution in [0.2, 0.25) is 0 Å². The fraction of sp³-hybridized carbons (Fsp3) is 0.333. The predicted octanol–water partition coefficient (Wildman–Crippen LogP) is 3.04. The molecule has 0 aliphatic carbocycles. The molecule has 1 rings (SSSR count). The van der Waals surface area contributed by atoms with E-state index in [1.54, 1.807) is 17.8 Å². The quantitative estimate of drug-likeness (QED) is 0.640. The van der Waals surface area contributed by atoms with Gasteiger partial charge >= 0.3 is 0 Å². The highest BCUT2D eigenvalue weighted by Gasteiger charge is 2.01. The number of thioether (sulfide) groups is 1.